The van der Waals surface area contributed by atoms with Crippen LogP contribution in [-0.2, 0) is 13.6 Å². The Balaban J connectivity index is 1.84. The van der Waals surface area contributed by atoms with Gasteiger partial charge in [-0.3, -0.25) is 0 Å². The highest BCUT2D eigenvalue weighted by Gasteiger charge is 1.99. The van der Waals surface area contributed by atoms with Crippen LogP contribution < -0.4 is 10.6 Å². The number of hydrogen-bond donors (Lipinski definition) is 2. The van der Waals surface area contributed by atoms with Crippen LogP contribution in [-0.4, -0.2) is 9.68 Å². The summed E-state index contributed by atoms with van der Waals surface area (Å²) in [7, 11) is 2.02. The number of benzene rings is 1. The summed E-state index contributed by atoms with van der Waals surface area (Å²) in [6, 6.07) is 14.0. The Morgan fingerprint density at radius 2 is 1.94 bits per heavy atom. The van der Waals surface area contributed by atoms with Crippen molar-refractivity contribution in [3.63, 3.8) is 0 Å². The third-order valence-corrected chi connectivity index (χ3v) is 2.76. The van der Waals surface area contributed by atoms with Crippen molar-refractivity contribution in [2.45, 2.75) is 6.54 Å². The number of aromatic nitrogens is 1. The highest BCUT2D eigenvalue weighted by atomic mass is 32.1. The number of rotatable bonds is 3. The largest absolute Gasteiger partial charge is 0.357 e. The van der Waals surface area contributed by atoms with Crippen LogP contribution in [0.5, 0.6) is 0 Å². The molecule has 0 bridgehead atoms. The molecule has 0 amide bonds. The molecule has 17 heavy (non-hydrogen) atoms. The van der Waals surface area contributed by atoms with Gasteiger partial charge in [0, 0.05) is 24.6 Å². The molecular formula is C13H15N3S. The first-order chi connectivity index (χ1) is 8.25. The zero-order valence-electron chi connectivity index (χ0n) is 9.68. The summed E-state index contributed by atoms with van der Waals surface area (Å²) < 4.78 is 2.07. The van der Waals surface area contributed by atoms with E-state index < -0.39 is 0 Å². The lowest BCUT2D eigenvalue weighted by atomic mass is 10.3. The zero-order chi connectivity index (χ0) is 12.1. The summed E-state index contributed by atoms with van der Waals surface area (Å²) in [6.07, 6.45) is 2.02. The summed E-state index contributed by atoms with van der Waals surface area (Å²) in [5.41, 5.74) is 2.19. The normalized spacial score (nSPS) is 9.94. The summed E-state index contributed by atoms with van der Waals surface area (Å²) in [4.78, 5) is 0. The van der Waals surface area contributed by atoms with E-state index in [1.54, 1.807) is 0 Å². The van der Waals surface area contributed by atoms with Gasteiger partial charge in [0.1, 0.15) is 0 Å². The second-order valence-corrected chi connectivity index (χ2v) is 4.19. The number of anilines is 1. The maximum Gasteiger partial charge on any atom is 0.171 e. The minimum atomic E-state index is 0.636. The van der Waals surface area contributed by atoms with E-state index in [0.717, 1.165) is 12.2 Å². The Morgan fingerprint density at radius 1 is 1.18 bits per heavy atom. The van der Waals surface area contributed by atoms with E-state index in [0.29, 0.717) is 5.11 Å². The summed E-state index contributed by atoms with van der Waals surface area (Å²) in [6.45, 7) is 0.724. The Bertz CT molecular complexity index is 490. The monoisotopic (exact) mass is 245 g/mol. The molecule has 0 unspecified atom stereocenters. The Hall–Kier alpha value is -1.81. The third kappa shape index (κ3) is 3.32. The second kappa shape index (κ2) is 5.50. The molecule has 2 rings (SSSR count). The maximum absolute atomic E-state index is 5.22. The summed E-state index contributed by atoms with van der Waals surface area (Å²) >= 11 is 5.22. The molecule has 0 aliphatic carbocycles. The van der Waals surface area contributed by atoms with Crippen LogP contribution in [0.2, 0.25) is 0 Å². The molecule has 1 aromatic heterocycles. The number of aryl methyl sites for hydroxylation is 1. The number of para-hydroxylation sites is 1. The first-order valence-corrected chi connectivity index (χ1v) is 5.86. The third-order valence-electron chi connectivity index (χ3n) is 2.51. The van der Waals surface area contributed by atoms with Gasteiger partial charge in [-0.15, -0.1) is 0 Å². The van der Waals surface area contributed by atoms with Crippen molar-refractivity contribution in [2.24, 2.45) is 7.05 Å². The van der Waals surface area contributed by atoms with Crippen molar-refractivity contribution < 1.29 is 0 Å². The molecule has 88 valence electrons. The molecule has 0 saturated heterocycles. The molecule has 0 spiro atoms. The highest BCUT2D eigenvalue weighted by Crippen LogP contribution is 2.05. The standard InChI is InChI=1S/C13H15N3S/c1-16-9-5-8-12(16)10-14-13(17)15-11-6-3-2-4-7-11/h2-9H,10H2,1H3,(H2,14,15,17). The van der Waals surface area contributed by atoms with Gasteiger partial charge in [0.2, 0.25) is 0 Å². The molecule has 0 fully saturated rings. The van der Waals surface area contributed by atoms with Gasteiger partial charge in [-0.1, -0.05) is 18.2 Å². The maximum atomic E-state index is 5.22. The lowest BCUT2D eigenvalue weighted by molar-refractivity contribution is 0.783. The number of nitrogens with one attached hydrogen (secondary N) is 2. The predicted molar refractivity (Wildman–Crippen MR) is 74.9 cm³/mol. The van der Waals surface area contributed by atoms with Crippen molar-refractivity contribution in [3.8, 4) is 0 Å². The van der Waals surface area contributed by atoms with E-state index in [9.17, 15) is 0 Å². The van der Waals surface area contributed by atoms with E-state index in [1.165, 1.54) is 5.69 Å². The quantitative estimate of drug-likeness (QED) is 0.814. The smallest absolute Gasteiger partial charge is 0.171 e. The molecule has 1 aromatic carbocycles. The van der Waals surface area contributed by atoms with Crippen LogP contribution in [0.1, 0.15) is 5.69 Å². The fraction of sp³-hybridized carbons (Fsp3) is 0.154. The fourth-order valence-corrected chi connectivity index (χ4v) is 1.74. The van der Waals surface area contributed by atoms with Gasteiger partial charge in [-0.25, -0.2) is 0 Å². The molecule has 0 atom stereocenters. The lowest BCUT2D eigenvalue weighted by Gasteiger charge is -2.10. The van der Waals surface area contributed by atoms with Crippen LogP contribution in [0.25, 0.3) is 0 Å². The number of hydrogen-bond acceptors (Lipinski definition) is 1. The molecule has 0 aliphatic heterocycles. The lowest BCUT2D eigenvalue weighted by Crippen LogP contribution is -2.28. The average Bonchev–Trinajstić information content (AvgIpc) is 2.74. The Labute approximate surface area is 106 Å². The van der Waals surface area contributed by atoms with E-state index in [4.69, 9.17) is 12.2 Å². The molecule has 3 nitrogen and oxygen atoms in total. The van der Waals surface area contributed by atoms with Gasteiger partial charge in [0.15, 0.2) is 5.11 Å². The Kier molecular flexibility index (Phi) is 3.77. The van der Waals surface area contributed by atoms with Crippen LogP contribution in [0.3, 0.4) is 0 Å². The number of nitrogens with zero attached hydrogens (tertiary/aromatic N) is 1. The summed E-state index contributed by atoms with van der Waals surface area (Å²) in [5.74, 6) is 0. The van der Waals surface area contributed by atoms with Gasteiger partial charge in [0.05, 0.1) is 6.54 Å². The minimum absolute atomic E-state index is 0.636. The first-order valence-electron chi connectivity index (χ1n) is 5.46. The topological polar surface area (TPSA) is 29.0 Å². The minimum Gasteiger partial charge on any atom is -0.357 e. The van der Waals surface area contributed by atoms with Gasteiger partial charge in [-0.2, -0.15) is 0 Å². The second-order valence-electron chi connectivity index (χ2n) is 3.78. The van der Waals surface area contributed by atoms with Crippen molar-refractivity contribution in [1.82, 2.24) is 9.88 Å². The van der Waals surface area contributed by atoms with E-state index in [-0.39, 0.29) is 0 Å². The Morgan fingerprint density at radius 3 is 2.59 bits per heavy atom. The molecule has 4 heteroatoms. The average molecular weight is 245 g/mol. The van der Waals surface area contributed by atoms with Gasteiger partial charge >= 0.3 is 0 Å². The molecule has 1 heterocycles. The van der Waals surface area contributed by atoms with E-state index >= 15 is 0 Å². The molecule has 0 saturated carbocycles. The van der Waals surface area contributed by atoms with Crippen LogP contribution in [0.4, 0.5) is 5.69 Å². The molecule has 0 aliphatic rings. The van der Waals surface area contributed by atoms with Gasteiger partial charge in [0.25, 0.3) is 0 Å². The molecule has 2 aromatic rings. The fourth-order valence-electron chi connectivity index (χ4n) is 1.55. The molecule has 0 radical (unpaired) electrons. The van der Waals surface area contributed by atoms with Crippen molar-refractivity contribution in [3.05, 3.63) is 54.4 Å². The van der Waals surface area contributed by atoms with E-state index in [2.05, 4.69) is 21.3 Å². The summed E-state index contributed by atoms with van der Waals surface area (Å²) in [5, 5.41) is 6.95. The highest BCUT2D eigenvalue weighted by molar-refractivity contribution is 7.80. The van der Waals surface area contributed by atoms with Crippen molar-refractivity contribution in [2.75, 3.05) is 5.32 Å². The number of thiocarbonyl (C=S) groups is 1. The van der Waals surface area contributed by atoms with Crippen LogP contribution in [0, 0.1) is 0 Å². The molecule has 2 N–H and O–H groups in total. The van der Waals surface area contributed by atoms with Crippen LogP contribution in [0.15, 0.2) is 48.7 Å². The molecular weight excluding hydrogens is 230 g/mol. The SMILES string of the molecule is Cn1cccc1CNC(=S)Nc1ccccc1. The van der Waals surface area contributed by atoms with Gasteiger partial charge in [-0.05, 0) is 36.5 Å². The first kappa shape index (κ1) is 11.7. The van der Waals surface area contributed by atoms with Gasteiger partial charge < -0.3 is 15.2 Å². The van der Waals surface area contributed by atoms with Crippen molar-refractivity contribution in [1.29, 1.82) is 0 Å². The van der Waals surface area contributed by atoms with Crippen LogP contribution >= 0.6 is 12.2 Å². The zero-order valence-corrected chi connectivity index (χ0v) is 10.5. The van der Waals surface area contributed by atoms with Crippen molar-refractivity contribution >= 4 is 23.0 Å². The predicted octanol–water partition coefficient (Wildman–Crippen LogP) is 2.51. The van der Waals surface area contributed by atoms with E-state index in [1.807, 2.05) is 49.6 Å².